The third kappa shape index (κ3) is 2.97. The Morgan fingerprint density at radius 3 is 2.61 bits per heavy atom. The van der Waals surface area contributed by atoms with Gasteiger partial charge in [0.25, 0.3) is 5.91 Å². The van der Waals surface area contributed by atoms with Gasteiger partial charge in [0.2, 0.25) is 0 Å². The Kier molecular flexibility index (Phi) is 3.77. The van der Waals surface area contributed by atoms with Crippen molar-refractivity contribution < 1.29 is 14.7 Å². The first-order valence-corrected chi connectivity index (χ1v) is 5.97. The van der Waals surface area contributed by atoms with Gasteiger partial charge >= 0.3 is 5.97 Å². The largest absolute Gasteiger partial charge is 0.478 e. The molecule has 0 atom stereocenters. The van der Waals surface area contributed by atoms with Crippen molar-refractivity contribution in [2.75, 3.05) is 13.1 Å². The van der Waals surface area contributed by atoms with Crippen LogP contribution >= 0.6 is 0 Å². The lowest BCUT2D eigenvalue weighted by molar-refractivity contribution is -0.131. The lowest BCUT2D eigenvalue weighted by Gasteiger charge is -2.15. The Morgan fingerprint density at radius 2 is 1.94 bits per heavy atom. The molecule has 0 aromatic heterocycles. The average Bonchev–Trinajstić information content (AvgIpc) is 2.89. The van der Waals surface area contributed by atoms with Gasteiger partial charge in [-0.2, -0.15) is 0 Å². The fourth-order valence-electron chi connectivity index (χ4n) is 2.05. The number of benzene rings is 1. The number of nitrogens with zero attached hydrogens (tertiary/aromatic N) is 1. The lowest BCUT2D eigenvalue weighted by Crippen LogP contribution is -2.27. The maximum absolute atomic E-state index is 12.1. The maximum atomic E-state index is 12.1. The average molecular weight is 245 g/mol. The van der Waals surface area contributed by atoms with E-state index in [1.807, 2.05) is 4.90 Å². The zero-order chi connectivity index (χ0) is 13.0. The molecule has 1 aliphatic heterocycles. The molecule has 4 nitrogen and oxygen atoms in total. The highest BCUT2D eigenvalue weighted by atomic mass is 16.4. The van der Waals surface area contributed by atoms with E-state index in [-0.39, 0.29) is 5.91 Å². The molecule has 0 bridgehead atoms. The van der Waals surface area contributed by atoms with Crippen LogP contribution in [0.4, 0.5) is 0 Å². The van der Waals surface area contributed by atoms with Crippen LogP contribution in [0.15, 0.2) is 30.3 Å². The number of amides is 1. The van der Waals surface area contributed by atoms with Gasteiger partial charge in [0.05, 0.1) is 0 Å². The van der Waals surface area contributed by atoms with Gasteiger partial charge in [-0.1, -0.05) is 12.1 Å². The van der Waals surface area contributed by atoms with Gasteiger partial charge in [0, 0.05) is 24.7 Å². The third-order valence-corrected chi connectivity index (χ3v) is 2.95. The van der Waals surface area contributed by atoms with Gasteiger partial charge < -0.3 is 10.0 Å². The number of carbonyl (C=O) groups excluding carboxylic acids is 1. The van der Waals surface area contributed by atoms with E-state index in [1.165, 1.54) is 6.08 Å². The molecule has 1 N–H and O–H groups in total. The van der Waals surface area contributed by atoms with E-state index >= 15 is 0 Å². The molecule has 0 saturated carbocycles. The van der Waals surface area contributed by atoms with E-state index in [2.05, 4.69) is 0 Å². The van der Waals surface area contributed by atoms with E-state index in [4.69, 9.17) is 5.11 Å². The Balaban J connectivity index is 2.16. The van der Waals surface area contributed by atoms with Crippen LogP contribution in [0.3, 0.4) is 0 Å². The van der Waals surface area contributed by atoms with Gasteiger partial charge in [0.15, 0.2) is 0 Å². The first-order valence-electron chi connectivity index (χ1n) is 5.97. The molecule has 1 aromatic carbocycles. The number of hydrogen-bond donors (Lipinski definition) is 1. The van der Waals surface area contributed by atoms with Gasteiger partial charge in [-0.3, -0.25) is 4.79 Å². The summed E-state index contributed by atoms with van der Waals surface area (Å²) in [5.41, 5.74) is 1.34. The molecule has 18 heavy (non-hydrogen) atoms. The second-order valence-electron chi connectivity index (χ2n) is 4.30. The minimum Gasteiger partial charge on any atom is -0.478 e. The van der Waals surface area contributed by atoms with Crippen molar-refractivity contribution in [1.82, 2.24) is 4.90 Å². The first-order chi connectivity index (χ1) is 8.66. The summed E-state index contributed by atoms with van der Waals surface area (Å²) >= 11 is 0. The van der Waals surface area contributed by atoms with Gasteiger partial charge in [-0.25, -0.2) is 4.79 Å². The summed E-state index contributed by atoms with van der Waals surface area (Å²) in [6.45, 7) is 1.63. The molecule has 4 heteroatoms. The molecule has 1 heterocycles. The van der Waals surface area contributed by atoms with Crippen LogP contribution in [-0.4, -0.2) is 35.0 Å². The van der Waals surface area contributed by atoms with E-state index in [0.29, 0.717) is 5.56 Å². The third-order valence-electron chi connectivity index (χ3n) is 2.95. The fourth-order valence-corrected chi connectivity index (χ4v) is 2.05. The fraction of sp³-hybridized carbons (Fsp3) is 0.286. The molecule has 1 saturated heterocycles. The minimum atomic E-state index is -0.994. The van der Waals surface area contributed by atoms with Gasteiger partial charge in [-0.05, 0) is 36.6 Å². The van der Waals surface area contributed by atoms with Crippen LogP contribution in [0.2, 0.25) is 0 Å². The topological polar surface area (TPSA) is 57.6 Å². The molecule has 0 radical (unpaired) electrons. The molecule has 0 spiro atoms. The van der Waals surface area contributed by atoms with E-state index < -0.39 is 5.97 Å². The molecule has 1 amide bonds. The van der Waals surface area contributed by atoms with E-state index in [1.54, 1.807) is 24.3 Å². The van der Waals surface area contributed by atoms with Crippen molar-refractivity contribution in [2.45, 2.75) is 12.8 Å². The molecule has 2 rings (SSSR count). The predicted octanol–water partition coefficient (Wildman–Crippen LogP) is 2.02. The summed E-state index contributed by atoms with van der Waals surface area (Å²) in [6, 6.07) is 7.03. The summed E-state index contributed by atoms with van der Waals surface area (Å²) in [7, 11) is 0. The highest BCUT2D eigenvalue weighted by Gasteiger charge is 2.19. The lowest BCUT2D eigenvalue weighted by atomic mass is 10.1. The molecule has 1 fully saturated rings. The number of hydrogen-bond acceptors (Lipinski definition) is 2. The van der Waals surface area contributed by atoms with Gasteiger partial charge in [0.1, 0.15) is 0 Å². The number of carboxylic acids is 1. The van der Waals surface area contributed by atoms with Crippen molar-refractivity contribution in [3.05, 3.63) is 41.5 Å². The van der Waals surface area contributed by atoms with E-state index in [0.717, 1.165) is 37.6 Å². The summed E-state index contributed by atoms with van der Waals surface area (Å²) in [4.78, 5) is 24.4. The quantitative estimate of drug-likeness (QED) is 0.829. The van der Waals surface area contributed by atoms with Crippen LogP contribution in [0.1, 0.15) is 28.8 Å². The monoisotopic (exact) mass is 245 g/mol. The predicted molar refractivity (Wildman–Crippen MR) is 68.2 cm³/mol. The molecule has 94 valence electrons. The van der Waals surface area contributed by atoms with Crippen molar-refractivity contribution in [3.63, 3.8) is 0 Å². The summed E-state index contributed by atoms with van der Waals surface area (Å²) in [5.74, 6) is -0.968. The normalized spacial score (nSPS) is 15.2. The highest BCUT2D eigenvalue weighted by molar-refractivity contribution is 5.95. The first kappa shape index (κ1) is 12.4. The maximum Gasteiger partial charge on any atom is 0.328 e. The van der Waals surface area contributed by atoms with Crippen LogP contribution in [0.25, 0.3) is 6.08 Å². The summed E-state index contributed by atoms with van der Waals surface area (Å²) in [6.07, 6.45) is 4.68. The number of carboxylic acid groups (broad SMARTS) is 1. The van der Waals surface area contributed by atoms with Gasteiger partial charge in [-0.15, -0.1) is 0 Å². The highest BCUT2D eigenvalue weighted by Crippen LogP contribution is 2.14. The number of aliphatic carboxylic acids is 1. The zero-order valence-electron chi connectivity index (χ0n) is 10.0. The number of carbonyl (C=O) groups is 2. The smallest absolute Gasteiger partial charge is 0.328 e. The van der Waals surface area contributed by atoms with Crippen molar-refractivity contribution in [1.29, 1.82) is 0 Å². The minimum absolute atomic E-state index is 0.0260. The van der Waals surface area contributed by atoms with Crippen molar-refractivity contribution >= 4 is 18.0 Å². The van der Waals surface area contributed by atoms with Crippen LogP contribution in [0, 0.1) is 0 Å². The Hall–Kier alpha value is -2.10. The molecule has 0 aliphatic carbocycles. The van der Waals surface area contributed by atoms with Crippen LogP contribution in [-0.2, 0) is 4.79 Å². The summed E-state index contributed by atoms with van der Waals surface area (Å²) in [5, 5.41) is 8.56. The zero-order valence-corrected chi connectivity index (χ0v) is 10.0. The molecule has 1 aromatic rings. The Labute approximate surface area is 106 Å². The second kappa shape index (κ2) is 5.49. The van der Waals surface area contributed by atoms with Crippen LogP contribution < -0.4 is 0 Å². The van der Waals surface area contributed by atoms with Crippen molar-refractivity contribution in [2.24, 2.45) is 0 Å². The number of likely N-dealkylation sites (tertiary alicyclic amines) is 1. The second-order valence-corrected chi connectivity index (χ2v) is 4.30. The van der Waals surface area contributed by atoms with Crippen molar-refractivity contribution in [3.8, 4) is 0 Å². The standard InChI is InChI=1S/C14H15NO3/c16-13(17)7-6-11-4-3-5-12(10-11)14(18)15-8-1-2-9-15/h3-7,10H,1-2,8-9H2,(H,16,17)/b7-6+. The Morgan fingerprint density at radius 1 is 1.22 bits per heavy atom. The molecule has 1 aliphatic rings. The van der Waals surface area contributed by atoms with Crippen LogP contribution in [0.5, 0.6) is 0 Å². The molecular weight excluding hydrogens is 230 g/mol. The van der Waals surface area contributed by atoms with E-state index in [9.17, 15) is 9.59 Å². The Bertz CT molecular complexity index is 488. The number of rotatable bonds is 3. The molecular formula is C14H15NO3. The molecule has 0 unspecified atom stereocenters. The SMILES string of the molecule is O=C(O)/C=C/c1cccc(C(=O)N2CCCC2)c1. The summed E-state index contributed by atoms with van der Waals surface area (Å²) < 4.78 is 0.